The van der Waals surface area contributed by atoms with Gasteiger partial charge in [-0.3, -0.25) is 9.59 Å². The van der Waals surface area contributed by atoms with Crippen LogP contribution in [0.25, 0.3) is 5.76 Å². The number of halogens is 1. The number of Topliss-reactive ketones (excluding diaryl/α,β-unsaturated/α-hetero) is 1. The number of amides is 1. The normalized spacial score (nSPS) is 17.9. The van der Waals surface area contributed by atoms with Crippen molar-refractivity contribution in [3.05, 3.63) is 110 Å². The molecule has 1 atom stereocenters. The number of likely N-dealkylation sites (tertiary alicyclic amines) is 1. The molecule has 0 aliphatic carbocycles. The van der Waals surface area contributed by atoms with Gasteiger partial charge in [-0.25, -0.2) is 0 Å². The fourth-order valence-electron chi connectivity index (χ4n) is 3.86. The topological polar surface area (TPSA) is 57.6 Å². The second-order valence-corrected chi connectivity index (χ2v) is 8.89. The van der Waals surface area contributed by atoms with E-state index in [1.807, 2.05) is 73.7 Å². The molecule has 3 aromatic carbocycles. The molecule has 1 aliphatic heterocycles. The molecule has 0 bridgehead atoms. The van der Waals surface area contributed by atoms with Gasteiger partial charge in [0.05, 0.1) is 11.6 Å². The van der Waals surface area contributed by atoms with Crippen LogP contribution >= 0.6 is 22.6 Å². The fourth-order valence-corrected chi connectivity index (χ4v) is 4.22. The quantitative estimate of drug-likeness (QED) is 0.215. The summed E-state index contributed by atoms with van der Waals surface area (Å²) in [7, 11) is 0. The highest BCUT2D eigenvalue weighted by Gasteiger charge is 2.45. The molecular formula is C26H22INO3. The number of nitrogens with zero attached hydrogens (tertiary/aromatic N) is 1. The van der Waals surface area contributed by atoms with Crippen molar-refractivity contribution in [1.82, 2.24) is 4.90 Å². The van der Waals surface area contributed by atoms with Crippen LogP contribution in [0.4, 0.5) is 0 Å². The van der Waals surface area contributed by atoms with E-state index in [2.05, 4.69) is 22.6 Å². The average Bonchev–Trinajstić information content (AvgIpc) is 3.04. The smallest absolute Gasteiger partial charge is 0.295 e. The molecule has 1 heterocycles. The Kier molecular flexibility index (Phi) is 6.23. The maximum absolute atomic E-state index is 13.0. The Morgan fingerprint density at radius 2 is 1.58 bits per heavy atom. The zero-order valence-corrected chi connectivity index (χ0v) is 19.2. The molecule has 0 saturated carbocycles. The summed E-state index contributed by atoms with van der Waals surface area (Å²) >= 11 is 2.22. The third-order valence-corrected chi connectivity index (χ3v) is 6.25. The van der Waals surface area contributed by atoms with Gasteiger partial charge in [0.15, 0.2) is 0 Å². The molecule has 1 saturated heterocycles. The number of carbonyl (C=O) groups excluding carboxylic acids is 2. The summed E-state index contributed by atoms with van der Waals surface area (Å²) in [6, 6.07) is 24.2. The van der Waals surface area contributed by atoms with Gasteiger partial charge in [0, 0.05) is 15.7 Å². The summed E-state index contributed by atoms with van der Waals surface area (Å²) in [5, 5.41) is 11.1. The molecule has 1 aliphatic rings. The van der Waals surface area contributed by atoms with Gasteiger partial charge >= 0.3 is 0 Å². The van der Waals surface area contributed by atoms with Crippen LogP contribution in [-0.4, -0.2) is 28.2 Å². The lowest BCUT2D eigenvalue weighted by Gasteiger charge is -2.25. The zero-order chi connectivity index (χ0) is 22.0. The number of hydrogen-bond donors (Lipinski definition) is 1. The molecule has 0 spiro atoms. The zero-order valence-electron chi connectivity index (χ0n) is 17.1. The van der Waals surface area contributed by atoms with Gasteiger partial charge in [-0.15, -0.1) is 0 Å². The third-order valence-electron chi connectivity index (χ3n) is 5.53. The van der Waals surface area contributed by atoms with Crippen LogP contribution in [-0.2, 0) is 16.0 Å². The lowest BCUT2D eigenvalue weighted by molar-refractivity contribution is -0.139. The van der Waals surface area contributed by atoms with Gasteiger partial charge in [-0.1, -0.05) is 72.3 Å². The van der Waals surface area contributed by atoms with E-state index in [4.69, 9.17) is 0 Å². The fraction of sp³-hybridized carbons (Fsp3) is 0.154. The summed E-state index contributed by atoms with van der Waals surface area (Å²) in [5.41, 5.74) is 3.62. The van der Waals surface area contributed by atoms with Crippen molar-refractivity contribution in [2.45, 2.75) is 19.4 Å². The van der Waals surface area contributed by atoms with E-state index >= 15 is 0 Å². The lowest BCUT2D eigenvalue weighted by Crippen LogP contribution is -2.31. The van der Waals surface area contributed by atoms with Crippen molar-refractivity contribution in [3.63, 3.8) is 0 Å². The maximum atomic E-state index is 13.0. The second-order valence-electron chi connectivity index (χ2n) is 7.65. The molecule has 3 aromatic rings. The Hall–Kier alpha value is -2.93. The first-order valence-corrected chi connectivity index (χ1v) is 11.2. The molecule has 4 nitrogen and oxygen atoms in total. The van der Waals surface area contributed by atoms with Crippen LogP contribution in [0.3, 0.4) is 0 Å². The first kappa shape index (κ1) is 21.3. The number of carbonyl (C=O) groups is 2. The number of aryl methyl sites for hydroxylation is 1. The van der Waals surface area contributed by atoms with Crippen LogP contribution in [0.2, 0.25) is 0 Å². The highest BCUT2D eigenvalue weighted by atomic mass is 127. The van der Waals surface area contributed by atoms with E-state index in [0.717, 1.165) is 20.3 Å². The van der Waals surface area contributed by atoms with Gasteiger partial charge in [0.1, 0.15) is 5.76 Å². The predicted octanol–water partition coefficient (Wildman–Crippen LogP) is 5.26. The van der Waals surface area contributed by atoms with Crippen molar-refractivity contribution < 1.29 is 14.7 Å². The largest absolute Gasteiger partial charge is 0.507 e. The van der Waals surface area contributed by atoms with Crippen LogP contribution in [0.5, 0.6) is 0 Å². The van der Waals surface area contributed by atoms with Crippen molar-refractivity contribution in [2.24, 2.45) is 0 Å². The standard InChI is InChI=1S/C26H22INO3/c1-17-7-9-20(10-8-17)24(29)22-23(19-11-13-21(27)14-12-19)28(26(31)25(22)30)16-15-18-5-3-2-4-6-18/h2-14,23,29H,15-16H2,1H3/b24-22+. The number of rotatable bonds is 5. The van der Waals surface area contributed by atoms with Gasteiger partial charge in [-0.05, 0) is 59.2 Å². The minimum Gasteiger partial charge on any atom is -0.507 e. The molecule has 1 unspecified atom stereocenters. The monoisotopic (exact) mass is 523 g/mol. The first-order chi connectivity index (χ1) is 15.0. The number of benzene rings is 3. The number of aliphatic hydroxyl groups is 1. The maximum Gasteiger partial charge on any atom is 0.295 e. The Labute approximate surface area is 195 Å². The highest BCUT2D eigenvalue weighted by molar-refractivity contribution is 14.1. The van der Waals surface area contributed by atoms with Crippen molar-refractivity contribution in [2.75, 3.05) is 6.54 Å². The molecule has 4 rings (SSSR count). The third kappa shape index (κ3) is 4.42. The first-order valence-electron chi connectivity index (χ1n) is 10.1. The Morgan fingerprint density at radius 3 is 2.23 bits per heavy atom. The molecule has 5 heteroatoms. The minimum absolute atomic E-state index is 0.135. The van der Waals surface area contributed by atoms with Crippen LogP contribution < -0.4 is 0 Å². The van der Waals surface area contributed by atoms with Crippen molar-refractivity contribution in [3.8, 4) is 0 Å². The Morgan fingerprint density at radius 1 is 0.935 bits per heavy atom. The van der Waals surface area contributed by atoms with E-state index in [0.29, 0.717) is 18.5 Å². The van der Waals surface area contributed by atoms with E-state index in [-0.39, 0.29) is 11.3 Å². The molecule has 31 heavy (non-hydrogen) atoms. The Bertz CT molecular complexity index is 1140. The summed E-state index contributed by atoms with van der Waals surface area (Å²) in [5.74, 6) is -1.35. The number of hydrogen-bond acceptors (Lipinski definition) is 3. The van der Waals surface area contributed by atoms with Crippen molar-refractivity contribution >= 4 is 40.0 Å². The SMILES string of the molecule is Cc1ccc(/C(O)=C2\C(=O)C(=O)N(CCc3ccccc3)C2c2ccc(I)cc2)cc1. The van der Waals surface area contributed by atoms with Crippen LogP contribution in [0, 0.1) is 10.5 Å². The van der Waals surface area contributed by atoms with Crippen molar-refractivity contribution in [1.29, 1.82) is 0 Å². The number of aliphatic hydroxyl groups excluding tert-OH is 1. The minimum atomic E-state index is -0.644. The summed E-state index contributed by atoms with van der Waals surface area (Å²) in [6.45, 7) is 2.34. The lowest BCUT2D eigenvalue weighted by atomic mass is 9.95. The van der Waals surface area contributed by atoms with E-state index in [1.54, 1.807) is 17.0 Å². The highest BCUT2D eigenvalue weighted by Crippen LogP contribution is 2.39. The molecule has 156 valence electrons. The average molecular weight is 523 g/mol. The van der Waals surface area contributed by atoms with Gasteiger partial charge < -0.3 is 10.0 Å². The number of ketones is 1. The van der Waals surface area contributed by atoms with E-state index < -0.39 is 17.7 Å². The molecule has 0 radical (unpaired) electrons. The summed E-state index contributed by atoms with van der Waals surface area (Å²) < 4.78 is 1.06. The summed E-state index contributed by atoms with van der Waals surface area (Å²) in [4.78, 5) is 27.6. The second kappa shape index (κ2) is 9.06. The molecule has 1 N–H and O–H groups in total. The van der Waals surface area contributed by atoms with E-state index in [9.17, 15) is 14.7 Å². The summed E-state index contributed by atoms with van der Waals surface area (Å²) in [6.07, 6.45) is 0.624. The predicted molar refractivity (Wildman–Crippen MR) is 129 cm³/mol. The molecular weight excluding hydrogens is 501 g/mol. The van der Waals surface area contributed by atoms with Gasteiger partial charge in [0.25, 0.3) is 11.7 Å². The van der Waals surface area contributed by atoms with E-state index in [1.165, 1.54) is 0 Å². The van der Waals surface area contributed by atoms with Gasteiger partial charge in [-0.2, -0.15) is 0 Å². The molecule has 1 fully saturated rings. The van der Waals surface area contributed by atoms with Crippen LogP contribution in [0.15, 0.2) is 84.4 Å². The Balaban J connectivity index is 1.78. The molecule has 0 aromatic heterocycles. The van der Waals surface area contributed by atoms with Gasteiger partial charge in [0.2, 0.25) is 0 Å². The van der Waals surface area contributed by atoms with Crippen LogP contribution in [0.1, 0.15) is 28.3 Å². The molecule has 1 amide bonds.